The van der Waals surface area contributed by atoms with Crippen LogP contribution >= 0.6 is 0 Å². The van der Waals surface area contributed by atoms with Crippen LogP contribution in [0.1, 0.15) is 27.2 Å². The van der Waals surface area contributed by atoms with Gasteiger partial charge >= 0.3 is 0 Å². The largest absolute Gasteiger partial charge is 0.388 e. The summed E-state index contributed by atoms with van der Waals surface area (Å²) in [4.78, 5) is 0. The van der Waals surface area contributed by atoms with Gasteiger partial charge in [-0.25, -0.2) is 0 Å². The van der Waals surface area contributed by atoms with Gasteiger partial charge in [0.2, 0.25) is 0 Å². The maximum atomic E-state index is 9.82. The van der Waals surface area contributed by atoms with Crippen molar-refractivity contribution in [3.63, 3.8) is 0 Å². The standard InChI is InChI=1S/C12H22O4/c1-5-7-9(13)11(15)10(14)8(16-7)6-12(2,3)4/h5,7-11,13-15H,1,6H2,2-4H3/t7-,8-,9-,10-,11+/m1/s1. The molecule has 0 aromatic carbocycles. The maximum Gasteiger partial charge on any atom is 0.112 e. The molecule has 0 aromatic rings. The highest BCUT2D eigenvalue weighted by Gasteiger charge is 2.43. The lowest BCUT2D eigenvalue weighted by atomic mass is 9.83. The third-order valence-corrected chi connectivity index (χ3v) is 2.80. The fraction of sp³-hybridized carbons (Fsp3) is 0.833. The second-order valence-corrected chi connectivity index (χ2v) is 5.61. The van der Waals surface area contributed by atoms with E-state index >= 15 is 0 Å². The number of aliphatic hydroxyl groups is 3. The lowest BCUT2D eigenvalue weighted by molar-refractivity contribution is -0.215. The van der Waals surface area contributed by atoms with Crippen LogP contribution < -0.4 is 0 Å². The topological polar surface area (TPSA) is 69.9 Å². The predicted molar refractivity (Wildman–Crippen MR) is 61.0 cm³/mol. The lowest BCUT2D eigenvalue weighted by Gasteiger charge is -2.41. The molecule has 1 heterocycles. The number of rotatable bonds is 2. The SMILES string of the molecule is C=C[C@H]1O[C@H](CC(C)(C)C)[C@@H](O)[C@@H](O)[C@@H]1O. The van der Waals surface area contributed by atoms with Crippen molar-refractivity contribution in [2.45, 2.75) is 57.7 Å². The van der Waals surface area contributed by atoms with Crippen molar-refractivity contribution in [3.05, 3.63) is 12.7 Å². The zero-order valence-corrected chi connectivity index (χ0v) is 10.1. The van der Waals surface area contributed by atoms with Crippen molar-refractivity contribution in [2.24, 2.45) is 5.41 Å². The van der Waals surface area contributed by atoms with Gasteiger partial charge in [-0.2, -0.15) is 0 Å². The van der Waals surface area contributed by atoms with Gasteiger partial charge in [0, 0.05) is 0 Å². The van der Waals surface area contributed by atoms with Crippen LogP contribution in [-0.4, -0.2) is 45.8 Å². The van der Waals surface area contributed by atoms with Crippen LogP contribution in [0.4, 0.5) is 0 Å². The summed E-state index contributed by atoms with van der Waals surface area (Å²) in [6.07, 6.45) is -2.36. The first-order valence-electron chi connectivity index (χ1n) is 5.58. The highest BCUT2D eigenvalue weighted by Crippen LogP contribution is 2.30. The average molecular weight is 230 g/mol. The Balaban J connectivity index is 2.75. The molecule has 0 amide bonds. The van der Waals surface area contributed by atoms with E-state index in [2.05, 4.69) is 6.58 Å². The molecule has 1 aliphatic heterocycles. The van der Waals surface area contributed by atoms with Crippen LogP contribution in [-0.2, 0) is 4.74 Å². The summed E-state index contributed by atoms with van der Waals surface area (Å²) in [5.74, 6) is 0. The van der Waals surface area contributed by atoms with Crippen molar-refractivity contribution in [1.82, 2.24) is 0 Å². The Kier molecular flexibility index (Phi) is 4.12. The highest BCUT2D eigenvalue weighted by molar-refractivity contribution is 4.99. The number of aliphatic hydroxyl groups excluding tert-OH is 3. The summed E-state index contributed by atoms with van der Waals surface area (Å²) in [5, 5.41) is 29.1. The second-order valence-electron chi connectivity index (χ2n) is 5.61. The van der Waals surface area contributed by atoms with E-state index in [1.54, 1.807) is 0 Å². The number of hydrogen-bond donors (Lipinski definition) is 3. The van der Waals surface area contributed by atoms with Gasteiger partial charge in [-0.15, -0.1) is 6.58 Å². The van der Waals surface area contributed by atoms with Gasteiger partial charge in [0.25, 0.3) is 0 Å². The first kappa shape index (κ1) is 13.6. The third kappa shape index (κ3) is 3.04. The Hall–Kier alpha value is -0.420. The molecule has 0 unspecified atom stereocenters. The molecule has 1 fully saturated rings. The molecule has 1 saturated heterocycles. The molecule has 0 saturated carbocycles. The maximum absolute atomic E-state index is 9.82. The Morgan fingerprint density at radius 2 is 1.69 bits per heavy atom. The molecule has 16 heavy (non-hydrogen) atoms. The summed E-state index contributed by atoms with van der Waals surface area (Å²) in [6, 6.07) is 0. The van der Waals surface area contributed by atoms with Crippen LogP contribution in [0, 0.1) is 5.41 Å². The van der Waals surface area contributed by atoms with E-state index in [1.807, 2.05) is 20.8 Å². The van der Waals surface area contributed by atoms with Gasteiger partial charge in [0.05, 0.1) is 6.10 Å². The van der Waals surface area contributed by atoms with E-state index < -0.39 is 30.5 Å². The fourth-order valence-corrected chi connectivity index (χ4v) is 1.95. The lowest BCUT2D eigenvalue weighted by Crippen LogP contribution is -2.57. The monoisotopic (exact) mass is 230 g/mol. The molecule has 0 aromatic heterocycles. The zero-order chi connectivity index (χ0) is 12.5. The Bertz CT molecular complexity index is 246. The molecule has 3 N–H and O–H groups in total. The Labute approximate surface area is 96.6 Å². The molecule has 1 aliphatic rings. The molecular weight excluding hydrogens is 208 g/mol. The van der Waals surface area contributed by atoms with E-state index in [0.717, 1.165) is 0 Å². The van der Waals surface area contributed by atoms with E-state index in [-0.39, 0.29) is 5.41 Å². The van der Waals surface area contributed by atoms with Gasteiger partial charge in [0.15, 0.2) is 0 Å². The molecule has 1 rings (SSSR count). The Morgan fingerprint density at radius 1 is 1.12 bits per heavy atom. The summed E-state index contributed by atoms with van der Waals surface area (Å²) in [5.41, 5.74) is -0.0145. The van der Waals surface area contributed by atoms with E-state index in [9.17, 15) is 15.3 Å². The van der Waals surface area contributed by atoms with Gasteiger partial charge in [-0.1, -0.05) is 26.8 Å². The van der Waals surface area contributed by atoms with Crippen LogP contribution in [0.3, 0.4) is 0 Å². The molecular formula is C12H22O4. The van der Waals surface area contributed by atoms with Crippen molar-refractivity contribution in [1.29, 1.82) is 0 Å². The van der Waals surface area contributed by atoms with Gasteiger partial charge in [0.1, 0.15) is 24.4 Å². The normalized spacial score (nSPS) is 40.8. The molecule has 0 aliphatic carbocycles. The zero-order valence-electron chi connectivity index (χ0n) is 10.1. The molecule has 94 valence electrons. The fourth-order valence-electron chi connectivity index (χ4n) is 1.95. The van der Waals surface area contributed by atoms with Crippen LogP contribution in [0.25, 0.3) is 0 Å². The summed E-state index contributed by atoms with van der Waals surface area (Å²) < 4.78 is 5.53. The quantitative estimate of drug-likeness (QED) is 0.603. The first-order valence-corrected chi connectivity index (χ1v) is 5.58. The van der Waals surface area contributed by atoms with Gasteiger partial charge in [-0.05, 0) is 11.8 Å². The number of ether oxygens (including phenoxy) is 1. The second kappa shape index (κ2) is 4.84. The molecule has 0 radical (unpaired) electrons. The summed E-state index contributed by atoms with van der Waals surface area (Å²) in [7, 11) is 0. The number of hydrogen-bond acceptors (Lipinski definition) is 4. The summed E-state index contributed by atoms with van der Waals surface area (Å²) in [6.45, 7) is 9.64. The van der Waals surface area contributed by atoms with Gasteiger partial charge < -0.3 is 20.1 Å². The summed E-state index contributed by atoms with van der Waals surface area (Å²) >= 11 is 0. The molecule has 5 atom stereocenters. The van der Waals surface area contributed by atoms with Crippen molar-refractivity contribution in [2.75, 3.05) is 0 Å². The smallest absolute Gasteiger partial charge is 0.112 e. The molecule has 4 nitrogen and oxygen atoms in total. The minimum atomic E-state index is -1.18. The van der Waals surface area contributed by atoms with Crippen molar-refractivity contribution >= 4 is 0 Å². The molecule has 4 heteroatoms. The molecule has 0 bridgehead atoms. The van der Waals surface area contributed by atoms with Crippen LogP contribution in [0.5, 0.6) is 0 Å². The third-order valence-electron chi connectivity index (χ3n) is 2.80. The average Bonchev–Trinajstić information content (AvgIpc) is 2.17. The van der Waals surface area contributed by atoms with Gasteiger partial charge in [-0.3, -0.25) is 0 Å². The predicted octanol–water partition coefficient (Wildman–Crippen LogP) is 0.459. The minimum absolute atomic E-state index is 0.0145. The van der Waals surface area contributed by atoms with E-state index in [0.29, 0.717) is 6.42 Å². The van der Waals surface area contributed by atoms with Crippen LogP contribution in [0.15, 0.2) is 12.7 Å². The molecule has 0 spiro atoms. The van der Waals surface area contributed by atoms with E-state index in [1.165, 1.54) is 6.08 Å². The van der Waals surface area contributed by atoms with E-state index in [4.69, 9.17) is 4.74 Å². The van der Waals surface area contributed by atoms with Crippen molar-refractivity contribution in [3.8, 4) is 0 Å². The highest BCUT2D eigenvalue weighted by atomic mass is 16.5. The van der Waals surface area contributed by atoms with Crippen molar-refractivity contribution < 1.29 is 20.1 Å². The minimum Gasteiger partial charge on any atom is -0.388 e. The Morgan fingerprint density at radius 3 is 2.12 bits per heavy atom. The first-order chi connectivity index (χ1) is 7.26. The van der Waals surface area contributed by atoms with Crippen LogP contribution in [0.2, 0.25) is 0 Å².